The SMILES string of the molecule is CCc1ccc(-n2nnc(CO)c2-c2ccccc2)cc1. The first-order valence-electron chi connectivity index (χ1n) is 7.03. The highest BCUT2D eigenvalue weighted by Gasteiger charge is 2.15. The van der Waals surface area contributed by atoms with E-state index >= 15 is 0 Å². The van der Waals surface area contributed by atoms with Crippen molar-refractivity contribution in [1.29, 1.82) is 0 Å². The third-order valence-corrected chi connectivity index (χ3v) is 3.53. The topological polar surface area (TPSA) is 50.9 Å². The molecule has 0 radical (unpaired) electrons. The quantitative estimate of drug-likeness (QED) is 0.798. The molecule has 0 spiro atoms. The van der Waals surface area contributed by atoms with E-state index in [0.717, 1.165) is 23.4 Å². The lowest BCUT2D eigenvalue weighted by molar-refractivity contribution is 0.277. The molecule has 0 saturated carbocycles. The van der Waals surface area contributed by atoms with Crippen molar-refractivity contribution in [2.75, 3.05) is 0 Å². The van der Waals surface area contributed by atoms with Gasteiger partial charge >= 0.3 is 0 Å². The van der Waals surface area contributed by atoms with Gasteiger partial charge in [0, 0.05) is 5.56 Å². The zero-order valence-corrected chi connectivity index (χ0v) is 11.9. The van der Waals surface area contributed by atoms with Crippen molar-refractivity contribution in [2.45, 2.75) is 20.0 Å². The van der Waals surface area contributed by atoms with Crippen molar-refractivity contribution in [1.82, 2.24) is 15.0 Å². The van der Waals surface area contributed by atoms with Gasteiger partial charge in [0.15, 0.2) is 0 Å². The Kier molecular flexibility index (Phi) is 3.79. The van der Waals surface area contributed by atoms with Crippen LogP contribution in [-0.4, -0.2) is 20.1 Å². The monoisotopic (exact) mass is 279 g/mol. The van der Waals surface area contributed by atoms with Gasteiger partial charge in [0.2, 0.25) is 0 Å². The number of hydrogen-bond acceptors (Lipinski definition) is 3. The van der Waals surface area contributed by atoms with E-state index in [1.54, 1.807) is 4.68 Å². The van der Waals surface area contributed by atoms with E-state index in [-0.39, 0.29) is 6.61 Å². The molecule has 1 heterocycles. The van der Waals surface area contributed by atoms with Crippen LogP contribution in [0.3, 0.4) is 0 Å². The van der Waals surface area contributed by atoms with Crippen molar-refractivity contribution in [3.63, 3.8) is 0 Å². The van der Waals surface area contributed by atoms with Crippen LogP contribution in [0.2, 0.25) is 0 Å². The number of hydrogen-bond donors (Lipinski definition) is 1. The lowest BCUT2D eigenvalue weighted by Gasteiger charge is -2.08. The number of aryl methyl sites for hydroxylation is 1. The molecule has 0 fully saturated rings. The second-order valence-corrected chi connectivity index (χ2v) is 4.84. The summed E-state index contributed by atoms with van der Waals surface area (Å²) < 4.78 is 1.78. The summed E-state index contributed by atoms with van der Waals surface area (Å²) in [6.07, 6.45) is 1.01. The van der Waals surface area contributed by atoms with E-state index in [1.807, 2.05) is 42.5 Å². The molecule has 0 atom stereocenters. The zero-order chi connectivity index (χ0) is 14.7. The van der Waals surface area contributed by atoms with Gasteiger partial charge in [-0.15, -0.1) is 5.10 Å². The van der Waals surface area contributed by atoms with Crippen LogP contribution in [-0.2, 0) is 13.0 Å². The Hall–Kier alpha value is -2.46. The average molecular weight is 279 g/mol. The van der Waals surface area contributed by atoms with Crippen LogP contribution < -0.4 is 0 Å². The Morgan fingerprint density at radius 3 is 2.33 bits per heavy atom. The van der Waals surface area contributed by atoms with Gasteiger partial charge in [0.25, 0.3) is 0 Å². The highest BCUT2D eigenvalue weighted by atomic mass is 16.3. The molecule has 106 valence electrons. The van der Waals surface area contributed by atoms with Crippen LogP contribution in [0.1, 0.15) is 18.2 Å². The predicted octanol–water partition coefficient (Wildman–Crippen LogP) is 2.99. The maximum Gasteiger partial charge on any atom is 0.117 e. The number of benzene rings is 2. The molecule has 0 amide bonds. The van der Waals surface area contributed by atoms with Gasteiger partial charge in [0.1, 0.15) is 11.4 Å². The van der Waals surface area contributed by atoms with E-state index in [0.29, 0.717) is 5.69 Å². The molecule has 0 aliphatic rings. The number of aromatic nitrogens is 3. The largest absolute Gasteiger partial charge is 0.390 e. The summed E-state index contributed by atoms with van der Waals surface area (Å²) >= 11 is 0. The second-order valence-electron chi connectivity index (χ2n) is 4.84. The molecule has 3 aromatic rings. The van der Waals surface area contributed by atoms with Gasteiger partial charge in [0.05, 0.1) is 12.3 Å². The molecule has 2 aromatic carbocycles. The fraction of sp³-hybridized carbons (Fsp3) is 0.176. The summed E-state index contributed by atoms with van der Waals surface area (Å²) in [7, 11) is 0. The highest BCUT2D eigenvalue weighted by Crippen LogP contribution is 2.25. The summed E-state index contributed by atoms with van der Waals surface area (Å²) in [5, 5.41) is 17.8. The molecule has 0 bridgehead atoms. The molecular weight excluding hydrogens is 262 g/mol. The van der Waals surface area contributed by atoms with Crippen LogP contribution in [0.25, 0.3) is 16.9 Å². The average Bonchev–Trinajstić information content (AvgIpc) is 2.99. The lowest BCUT2D eigenvalue weighted by atomic mass is 10.1. The summed E-state index contributed by atoms with van der Waals surface area (Å²) in [4.78, 5) is 0. The first kappa shape index (κ1) is 13.5. The molecule has 0 aliphatic heterocycles. The summed E-state index contributed by atoms with van der Waals surface area (Å²) in [5.74, 6) is 0. The van der Waals surface area contributed by atoms with Crippen molar-refractivity contribution >= 4 is 0 Å². The minimum atomic E-state index is -0.128. The minimum absolute atomic E-state index is 0.128. The minimum Gasteiger partial charge on any atom is -0.390 e. The molecule has 0 saturated heterocycles. The standard InChI is InChI=1S/C17H17N3O/c1-2-13-8-10-15(11-9-13)20-17(16(12-21)18-19-20)14-6-4-3-5-7-14/h3-11,21H,2,12H2,1H3. The smallest absolute Gasteiger partial charge is 0.117 e. The Morgan fingerprint density at radius 2 is 1.71 bits per heavy atom. The van der Waals surface area contributed by atoms with Gasteiger partial charge < -0.3 is 5.11 Å². The zero-order valence-electron chi connectivity index (χ0n) is 11.9. The summed E-state index contributed by atoms with van der Waals surface area (Å²) in [5.41, 5.74) is 4.63. The van der Waals surface area contributed by atoms with E-state index in [1.165, 1.54) is 5.56 Å². The van der Waals surface area contributed by atoms with Crippen molar-refractivity contribution in [3.05, 3.63) is 65.9 Å². The molecule has 0 aliphatic carbocycles. The van der Waals surface area contributed by atoms with Gasteiger partial charge in [-0.25, -0.2) is 4.68 Å². The predicted molar refractivity (Wildman–Crippen MR) is 82.1 cm³/mol. The van der Waals surface area contributed by atoms with Gasteiger partial charge in [-0.3, -0.25) is 0 Å². The maximum atomic E-state index is 9.51. The molecule has 4 heteroatoms. The van der Waals surface area contributed by atoms with Gasteiger partial charge in [-0.05, 0) is 24.1 Å². The molecular formula is C17H17N3O. The molecule has 1 aromatic heterocycles. The number of aliphatic hydroxyl groups excluding tert-OH is 1. The van der Waals surface area contributed by atoms with Crippen LogP contribution in [0.15, 0.2) is 54.6 Å². The number of rotatable bonds is 4. The fourth-order valence-corrected chi connectivity index (χ4v) is 2.36. The van der Waals surface area contributed by atoms with E-state index in [9.17, 15) is 5.11 Å². The lowest BCUT2D eigenvalue weighted by Crippen LogP contribution is -2.00. The third-order valence-electron chi connectivity index (χ3n) is 3.53. The van der Waals surface area contributed by atoms with Crippen LogP contribution in [0.4, 0.5) is 0 Å². The van der Waals surface area contributed by atoms with E-state index in [2.05, 4.69) is 29.4 Å². The molecule has 3 rings (SSSR count). The van der Waals surface area contributed by atoms with Gasteiger partial charge in [-0.2, -0.15) is 0 Å². The maximum absolute atomic E-state index is 9.51. The normalized spacial score (nSPS) is 10.8. The molecule has 21 heavy (non-hydrogen) atoms. The van der Waals surface area contributed by atoms with Crippen molar-refractivity contribution < 1.29 is 5.11 Å². The Balaban J connectivity index is 2.12. The van der Waals surface area contributed by atoms with E-state index in [4.69, 9.17) is 0 Å². The van der Waals surface area contributed by atoms with E-state index < -0.39 is 0 Å². The van der Waals surface area contributed by atoms with Crippen molar-refractivity contribution in [2.24, 2.45) is 0 Å². The Labute approximate surface area is 123 Å². The van der Waals surface area contributed by atoms with Crippen molar-refractivity contribution in [3.8, 4) is 16.9 Å². The highest BCUT2D eigenvalue weighted by molar-refractivity contribution is 5.64. The summed E-state index contributed by atoms with van der Waals surface area (Å²) in [6.45, 7) is 2.00. The molecule has 4 nitrogen and oxygen atoms in total. The molecule has 1 N–H and O–H groups in total. The van der Waals surface area contributed by atoms with Gasteiger partial charge in [-0.1, -0.05) is 54.6 Å². The van der Waals surface area contributed by atoms with Crippen LogP contribution in [0.5, 0.6) is 0 Å². The first-order chi connectivity index (χ1) is 10.3. The third kappa shape index (κ3) is 2.58. The van der Waals surface area contributed by atoms with Crippen LogP contribution >= 0.6 is 0 Å². The fourth-order valence-electron chi connectivity index (χ4n) is 2.36. The van der Waals surface area contributed by atoms with Crippen LogP contribution in [0, 0.1) is 0 Å². The number of aliphatic hydroxyl groups is 1. The summed E-state index contributed by atoms with van der Waals surface area (Å²) in [6, 6.07) is 18.1. The Morgan fingerprint density at radius 1 is 1.00 bits per heavy atom. The first-order valence-corrected chi connectivity index (χ1v) is 7.03. The Bertz CT molecular complexity index is 718. The second kappa shape index (κ2) is 5.89. The number of nitrogens with zero attached hydrogens (tertiary/aromatic N) is 3. The molecule has 0 unspecified atom stereocenters.